The number of hydrogen-bond acceptors (Lipinski definition) is 5. The fraction of sp³-hybridized carbons (Fsp3) is 0.297. The third-order valence-corrected chi connectivity index (χ3v) is 8.70. The van der Waals surface area contributed by atoms with Gasteiger partial charge in [-0.1, -0.05) is 127 Å². The number of rotatable bonds is 11. The second-order valence-electron chi connectivity index (χ2n) is 11.5. The van der Waals surface area contributed by atoms with Crippen molar-refractivity contribution >= 4 is 0 Å². The Bertz CT molecular complexity index is 1410. The molecule has 1 unspecified atom stereocenters. The van der Waals surface area contributed by atoms with Crippen LogP contribution in [0.3, 0.4) is 0 Å². The van der Waals surface area contributed by atoms with Crippen LogP contribution in [0.1, 0.15) is 28.7 Å². The second-order valence-corrected chi connectivity index (χ2v) is 11.5. The number of benzene rings is 4. The van der Waals surface area contributed by atoms with E-state index in [0.29, 0.717) is 0 Å². The van der Waals surface area contributed by atoms with E-state index >= 15 is 0 Å². The molecular formula is C37H40O5. The van der Waals surface area contributed by atoms with E-state index in [1.165, 1.54) is 0 Å². The zero-order chi connectivity index (χ0) is 29.6. The first kappa shape index (κ1) is 29.9. The van der Waals surface area contributed by atoms with Gasteiger partial charge in [0.2, 0.25) is 0 Å². The van der Waals surface area contributed by atoms with E-state index in [4.69, 9.17) is 4.74 Å². The minimum absolute atomic E-state index is 0.0221. The fourth-order valence-corrected chi connectivity index (χ4v) is 6.57. The van der Waals surface area contributed by atoms with Crippen molar-refractivity contribution in [3.63, 3.8) is 0 Å². The SMILES string of the molecule is C=CC[C@@H]1O[C@H](C(O)Cc2ccccc2)[C@](O)(Cc2ccccc2)[C@@](O)(Cc2ccccc2)[C@]1(O)Cc1ccccc1. The van der Waals surface area contributed by atoms with Gasteiger partial charge in [-0.05, 0) is 28.7 Å². The van der Waals surface area contributed by atoms with Crippen LogP contribution >= 0.6 is 0 Å². The van der Waals surface area contributed by atoms with Gasteiger partial charge in [0.15, 0.2) is 0 Å². The molecule has 4 aromatic rings. The van der Waals surface area contributed by atoms with E-state index in [2.05, 4.69) is 6.58 Å². The highest BCUT2D eigenvalue weighted by Crippen LogP contribution is 2.51. The molecule has 5 heteroatoms. The lowest BCUT2D eigenvalue weighted by molar-refractivity contribution is -0.365. The quantitative estimate of drug-likeness (QED) is 0.196. The van der Waals surface area contributed by atoms with E-state index in [9.17, 15) is 20.4 Å². The molecule has 0 saturated carbocycles. The summed E-state index contributed by atoms with van der Waals surface area (Å²) in [5.41, 5.74) is -3.06. The van der Waals surface area contributed by atoms with Crippen LogP contribution in [0.15, 0.2) is 134 Å². The van der Waals surface area contributed by atoms with Crippen molar-refractivity contribution in [3.05, 3.63) is 156 Å². The Morgan fingerprint density at radius 3 is 1.48 bits per heavy atom. The molecule has 1 fully saturated rings. The van der Waals surface area contributed by atoms with Crippen LogP contribution in [0, 0.1) is 0 Å². The molecule has 0 amide bonds. The number of ether oxygens (including phenoxy) is 1. The molecule has 5 nitrogen and oxygen atoms in total. The molecule has 1 aliphatic heterocycles. The summed E-state index contributed by atoms with van der Waals surface area (Å²) in [6.07, 6.45) is -1.42. The summed E-state index contributed by atoms with van der Waals surface area (Å²) >= 11 is 0. The predicted octanol–water partition coefficient (Wildman–Crippen LogP) is 4.85. The molecule has 0 bridgehead atoms. The first-order valence-corrected chi connectivity index (χ1v) is 14.6. The summed E-state index contributed by atoms with van der Waals surface area (Å²) in [6.45, 7) is 3.90. The molecule has 5 rings (SSSR count). The molecule has 0 aliphatic carbocycles. The molecule has 4 N–H and O–H groups in total. The monoisotopic (exact) mass is 564 g/mol. The molecule has 0 spiro atoms. The number of aliphatic hydroxyl groups excluding tert-OH is 1. The second kappa shape index (κ2) is 12.7. The van der Waals surface area contributed by atoms with Crippen LogP contribution < -0.4 is 0 Å². The van der Waals surface area contributed by atoms with Crippen LogP contribution in [0.25, 0.3) is 0 Å². The van der Waals surface area contributed by atoms with Gasteiger partial charge < -0.3 is 25.2 Å². The van der Waals surface area contributed by atoms with E-state index < -0.39 is 35.1 Å². The third kappa shape index (κ3) is 5.84. The molecule has 0 radical (unpaired) electrons. The lowest BCUT2D eigenvalue weighted by atomic mass is 9.57. The Morgan fingerprint density at radius 2 is 1.02 bits per heavy atom. The first-order chi connectivity index (χ1) is 20.3. The Labute approximate surface area is 248 Å². The Kier molecular flexibility index (Phi) is 9.07. The minimum Gasteiger partial charge on any atom is -0.390 e. The van der Waals surface area contributed by atoms with E-state index in [1.807, 2.05) is 121 Å². The van der Waals surface area contributed by atoms with Crippen molar-refractivity contribution in [2.75, 3.05) is 0 Å². The van der Waals surface area contributed by atoms with Gasteiger partial charge in [0.1, 0.15) is 22.9 Å². The van der Waals surface area contributed by atoms with Crippen molar-refractivity contribution in [3.8, 4) is 0 Å². The van der Waals surface area contributed by atoms with Crippen molar-refractivity contribution in [2.45, 2.75) is 67.2 Å². The smallest absolute Gasteiger partial charge is 0.132 e. The van der Waals surface area contributed by atoms with Crippen LogP contribution in [0.5, 0.6) is 0 Å². The van der Waals surface area contributed by atoms with Gasteiger partial charge in [-0.3, -0.25) is 0 Å². The topological polar surface area (TPSA) is 90.2 Å². The molecule has 0 aromatic heterocycles. The standard InChI is InChI=1S/C37H40O5/c1-2-15-33-35(39,25-29-18-9-4-10-19-29)37(41,27-31-22-13-6-14-23-31)36(40,26-30-20-11-5-12-21-30)34(42-33)32(38)24-28-16-7-3-8-17-28/h2-14,16-23,32-34,38-41H,1,15,24-27H2/t32?,33-,34+,35-,36+,37+/m0/s1. The Balaban J connectivity index is 1.70. The summed E-state index contributed by atoms with van der Waals surface area (Å²) in [7, 11) is 0. The summed E-state index contributed by atoms with van der Waals surface area (Å²) in [5, 5.41) is 50.8. The minimum atomic E-state index is -2.15. The molecule has 1 aliphatic rings. The lowest BCUT2D eigenvalue weighted by Crippen LogP contribution is -2.83. The van der Waals surface area contributed by atoms with Gasteiger partial charge in [-0.15, -0.1) is 6.58 Å². The zero-order valence-electron chi connectivity index (χ0n) is 23.8. The summed E-state index contributed by atoms with van der Waals surface area (Å²) in [4.78, 5) is 0. The summed E-state index contributed by atoms with van der Waals surface area (Å²) in [6, 6.07) is 37.7. The maximum atomic E-state index is 13.1. The molecular weight excluding hydrogens is 524 g/mol. The highest BCUT2D eigenvalue weighted by atomic mass is 16.6. The van der Waals surface area contributed by atoms with Crippen molar-refractivity contribution in [2.24, 2.45) is 0 Å². The predicted molar refractivity (Wildman–Crippen MR) is 165 cm³/mol. The lowest BCUT2D eigenvalue weighted by Gasteiger charge is -2.62. The van der Waals surface area contributed by atoms with Crippen molar-refractivity contribution in [1.29, 1.82) is 0 Å². The summed E-state index contributed by atoms with van der Waals surface area (Å²) in [5.74, 6) is 0. The summed E-state index contributed by atoms with van der Waals surface area (Å²) < 4.78 is 6.59. The largest absolute Gasteiger partial charge is 0.390 e. The van der Waals surface area contributed by atoms with Gasteiger partial charge >= 0.3 is 0 Å². The Morgan fingerprint density at radius 1 is 0.619 bits per heavy atom. The van der Waals surface area contributed by atoms with Crippen molar-refractivity contribution in [1.82, 2.24) is 0 Å². The fourth-order valence-electron chi connectivity index (χ4n) is 6.57. The van der Waals surface area contributed by atoms with Gasteiger partial charge in [-0.2, -0.15) is 0 Å². The van der Waals surface area contributed by atoms with E-state index in [-0.39, 0.29) is 32.1 Å². The van der Waals surface area contributed by atoms with Gasteiger partial charge in [0.25, 0.3) is 0 Å². The normalized spacial score (nSPS) is 28.2. The van der Waals surface area contributed by atoms with Gasteiger partial charge in [-0.25, -0.2) is 0 Å². The molecule has 4 aromatic carbocycles. The van der Waals surface area contributed by atoms with Crippen LogP contribution in [0.4, 0.5) is 0 Å². The highest BCUT2D eigenvalue weighted by molar-refractivity contribution is 5.34. The van der Waals surface area contributed by atoms with Gasteiger partial charge in [0.05, 0.1) is 12.2 Å². The van der Waals surface area contributed by atoms with Crippen molar-refractivity contribution < 1.29 is 25.2 Å². The molecule has 1 saturated heterocycles. The van der Waals surface area contributed by atoms with Crippen LogP contribution in [0.2, 0.25) is 0 Å². The van der Waals surface area contributed by atoms with Crippen LogP contribution in [-0.2, 0) is 30.4 Å². The average Bonchev–Trinajstić information content (AvgIpc) is 3.00. The van der Waals surface area contributed by atoms with E-state index in [0.717, 1.165) is 22.3 Å². The average molecular weight is 565 g/mol. The third-order valence-electron chi connectivity index (χ3n) is 8.70. The number of hydrogen-bond donors (Lipinski definition) is 4. The maximum absolute atomic E-state index is 13.1. The molecule has 42 heavy (non-hydrogen) atoms. The maximum Gasteiger partial charge on any atom is 0.132 e. The molecule has 1 heterocycles. The number of aliphatic hydroxyl groups is 4. The zero-order valence-corrected chi connectivity index (χ0v) is 23.8. The van der Waals surface area contributed by atoms with Crippen LogP contribution in [-0.4, -0.2) is 55.5 Å². The first-order valence-electron chi connectivity index (χ1n) is 14.6. The van der Waals surface area contributed by atoms with E-state index in [1.54, 1.807) is 6.08 Å². The highest BCUT2D eigenvalue weighted by Gasteiger charge is 2.71. The molecule has 218 valence electrons. The molecule has 6 atom stereocenters. The Hall–Kier alpha value is -3.58. The van der Waals surface area contributed by atoms with Gasteiger partial charge in [0, 0.05) is 25.7 Å².